The number of hydrogen-bond donors (Lipinski definition) is 0. The van der Waals surface area contributed by atoms with Crippen LogP contribution in [0, 0.1) is 0 Å². The van der Waals surface area contributed by atoms with Gasteiger partial charge >= 0.3 is 5.97 Å². The number of anilines is 1. The minimum absolute atomic E-state index is 0.118. The smallest absolute Gasteiger partial charge is 0.316 e. The third-order valence-corrected chi connectivity index (χ3v) is 7.38. The van der Waals surface area contributed by atoms with Gasteiger partial charge in [0, 0.05) is 37.4 Å². The van der Waals surface area contributed by atoms with Gasteiger partial charge in [-0.25, -0.2) is 0 Å². The Labute approximate surface area is 222 Å². The van der Waals surface area contributed by atoms with Crippen molar-refractivity contribution >= 4 is 11.7 Å². The molecule has 4 rings (SSSR count). The van der Waals surface area contributed by atoms with E-state index < -0.39 is 5.41 Å². The van der Waals surface area contributed by atoms with Crippen molar-refractivity contribution in [1.29, 1.82) is 0 Å². The Morgan fingerprint density at radius 2 is 1.54 bits per heavy atom. The van der Waals surface area contributed by atoms with Crippen LogP contribution in [0.2, 0.25) is 0 Å². The van der Waals surface area contributed by atoms with Crippen LogP contribution in [0.15, 0.2) is 78.9 Å². The van der Waals surface area contributed by atoms with Crippen LogP contribution in [0.3, 0.4) is 0 Å². The molecule has 1 atom stereocenters. The highest BCUT2D eigenvalue weighted by atomic mass is 16.5. The van der Waals surface area contributed by atoms with Crippen molar-refractivity contribution in [1.82, 2.24) is 4.90 Å². The van der Waals surface area contributed by atoms with Gasteiger partial charge in [-0.2, -0.15) is 0 Å². The summed E-state index contributed by atoms with van der Waals surface area (Å²) in [5, 5.41) is 0. The molecule has 0 bridgehead atoms. The van der Waals surface area contributed by atoms with Crippen molar-refractivity contribution in [3.8, 4) is 16.9 Å². The summed E-state index contributed by atoms with van der Waals surface area (Å²) in [6.07, 6.45) is 1.60. The number of piperazine rings is 1. The van der Waals surface area contributed by atoms with Gasteiger partial charge in [0.2, 0.25) is 0 Å². The van der Waals surface area contributed by atoms with Crippen molar-refractivity contribution in [2.24, 2.45) is 0 Å². The third-order valence-electron chi connectivity index (χ3n) is 7.38. The van der Waals surface area contributed by atoms with Crippen molar-refractivity contribution in [2.45, 2.75) is 45.1 Å². The molecular weight excluding hydrogens is 460 g/mol. The molecule has 0 saturated carbocycles. The van der Waals surface area contributed by atoms with Crippen LogP contribution in [0.25, 0.3) is 11.1 Å². The van der Waals surface area contributed by atoms with Gasteiger partial charge in [-0.3, -0.25) is 9.69 Å². The van der Waals surface area contributed by atoms with Gasteiger partial charge < -0.3 is 14.4 Å². The maximum absolute atomic E-state index is 13.1. The lowest BCUT2D eigenvalue weighted by atomic mass is 9.78. The molecule has 0 radical (unpaired) electrons. The van der Waals surface area contributed by atoms with Crippen molar-refractivity contribution in [3.05, 3.63) is 84.4 Å². The van der Waals surface area contributed by atoms with Gasteiger partial charge in [0.25, 0.3) is 0 Å². The van der Waals surface area contributed by atoms with E-state index in [1.165, 1.54) is 5.69 Å². The summed E-state index contributed by atoms with van der Waals surface area (Å²) in [5.74, 6) is 0.764. The Morgan fingerprint density at radius 1 is 0.892 bits per heavy atom. The van der Waals surface area contributed by atoms with Crippen molar-refractivity contribution in [2.75, 3.05) is 44.7 Å². The molecule has 3 aromatic carbocycles. The lowest BCUT2D eigenvalue weighted by Crippen LogP contribution is -2.47. The maximum Gasteiger partial charge on any atom is 0.316 e. The van der Waals surface area contributed by atoms with E-state index in [0.29, 0.717) is 0 Å². The van der Waals surface area contributed by atoms with Crippen LogP contribution in [0.1, 0.15) is 39.2 Å². The quantitative estimate of drug-likeness (QED) is 0.311. The number of benzene rings is 3. The highest BCUT2D eigenvalue weighted by Crippen LogP contribution is 2.32. The van der Waals surface area contributed by atoms with Crippen LogP contribution in [-0.4, -0.2) is 56.8 Å². The lowest BCUT2D eigenvalue weighted by Gasteiger charge is -2.37. The molecule has 5 heteroatoms. The predicted octanol–water partition coefficient (Wildman–Crippen LogP) is 6.17. The molecule has 3 aromatic rings. The Hall–Kier alpha value is -3.31. The summed E-state index contributed by atoms with van der Waals surface area (Å²) in [5.41, 5.74) is 3.93. The molecule has 1 fully saturated rings. The number of hydrogen-bond acceptors (Lipinski definition) is 5. The van der Waals surface area contributed by atoms with Gasteiger partial charge in [0.15, 0.2) is 0 Å². The highest BCUT2D eigenvalue weighted by Gasteiger charge is 2.37. The number of esters is 1. The number of rotatable bonds is 10. The van der Waals surface area contributed by atoms with Crippen LogP contribution in [0.4, 0.5) is 5.69 Å². The van der Waals surface area contributed by atoms with Gasteiger partial charge in [0.1, 0.15) is 5.75 Å². The molecular formula is C32H40N2O3. The van der Waals surface area contributed by atoms with Gasteiger partial charge in [-0.05, 0) is 69.5 Å². The van der Waals surface area contributed by atoms with Crippen LogP contribution < -0.4 is 9.64 Å². The van der Waals surface area contributed by atoms with Crippen LogP contribution >= 0.6 is 0 Å². The van der Waals surface area contributed by atoms with E-state index in [0.717, 1.165) is 68.0 Å². The Bertz CT molecular complexity index is 1140. The number of carbonyl (C=O) groups excluding carboxylic acids is 1. The van der Waals surface area contributed by atoms with Crippen LogP contribution in [0.5, 0.6) is 5.75 Å². The zero-order valence-electron chi connectivity index (χ0n) is 22.7. The summed E-state index contributed by atoms with van der Waals surface area (Å²) in [6.45, 7) is 10.9. The number of nitrogens with zero attached hydrogens (tertiary/aromatic N) is 2. The monoisotopic (exact) mass is 500 g/mol. The zero-order chi connectivity index (χ0) is 26.3. The van der Waals surface area contributed by atoms with E-state index in [4.69, 9.17) is 9.47 Å². The SMILES string of the molecule is COc1ccccc1-c1ccc(N2CCN(CCCC(C)(C(=O)OC(C)C)c3ccccc3)CC2)cc1. The topological polar surface area (TPSA) is 42.0 Å². The molecule has 0 N–H and O–H groups in total. The first-order valence-electron chi connectivity index (χ1n) is 13.4. The van der Waals surface area contributed by atoms with Crippen LogP contribution in [-0.2, 0) is 14.9 Å². The first-order valence-corrected chi connectivity index (χ1v) is 13.4. The fraction of sp³-hybridized carbons (Fsp3) is 0.406. The Morgan fingerprint density at radius 3 is 2.19 bits per heavy atom. The Kier molecular flexibility index (Phi) is 8.88. The molecule has 0 amide bonds. The first kappa shape index (κ1) is 26.7. The molecule has 5 nitrogen and oxygen atoms in total. The van der Waals surface area contributed by atoms with Gasteiger partial charge in [0.05, 0.1) is 18.6 Å². The molecule has 1 aliphatic rings. The van der Waals surface area contributed by atoms with Gasteiger partial charge in [-0.15, -0.1) is 0 Å². The first-order chi connectivity index (χ1) is 17.9. The fourth-order valence-corrected chi connectivity index (χ4v) is 5.14. The van der Waals surface area contributed by atoms with E-state index in [-0.39, 0.29) is 12.1 Å². The minimum Gasteiger partial charge on any atom is -0.496 e. The molecule has 1 aliphatic heterocycles. The molecule has 37 heavy (non-hydrogen) atoms. The van der Waals surface area contributed by atoms with E-state index >= 15 is 0 Å². The molecule has 1 unspecified atom stereocenters. The van der Waals surface area contributed by atoms with E-state index in [9.17, 15) is 4.79 Å². The molecule has 0 aliphatic carbocycles. The number of methoxy groups -OCH3 is 1. The minimum atomic E-state index is -0.628. The summed E-state index contributed by atoms with van der Waals surface area (Å²) >= 11 is 0. The second kappa shape index (κ2) is 12.3. The summed E-state index contributed by atoms with van der Waals surface area (Å²) < 4.78 is 11.2. The molecule has 1 heterocycles. The second-order valence-electron chi connectivity index (χ2n) is 10.3. The summed E-state index contributed by atoms with van der Waals surface area (Å²) in [7, 11) is 1.71. The molecule has 0 spiro atoms. The largest absolute Gasteiger partial charge is 0.496 e. The molecule has 1 saturated heterocycles. The average molecular weight is 501 g/mol. The Balaban J connectivity index is 1.31. The lowest BCUT2D eigenvalue weighted by molar-refractivity contribution is -0.154. The van der Waals surface area contributed by atoms with Gasteiger partial charge in [-0.1, -0.05) is 60.7 Å². The number of ether oxygens (including phenoxy) is 2. The zero-order valence-corrected chi connectivity index (χ0v) is 22.7. The average Bonchev–Trinajstić information content (AvgIpc) is 2.93. The van der Waals surface area contributed by atoms with E-state index in [1.54, 1.807) is 7.11 Å². The number of para-hydroxylation sites is 1. The predicted molar refractivity (Wildman–Crippen MR) is 151 cm³/mol. The second-order valence-corrected chi connectivity index (χ2v) is 10.3. The van der Waals surface area contributed by atoms with Crippen molar-refractivity contribution < 1.29 is 14.3 Å². The fourth-order valence-electron chi connectivity index (χ4n) is 5.14. The highest BCUT2D eigenvalue weighted by molar-refractivity contribution is 5.82. The standard InChI is InChI=1S/C32H40N2O3/c1-25(2)37-31(35)32(3,27-11-6-5-7-12-27)19-10-20-33-21-23-34(24-22-33)28-17-15-26(16-18-28)29-13-8-9-14-30(29)36-4/h5-9,11-18,25H,10,19-24H2,1-4H3. The molecule has 196 valence electrons. The summed E-state index contributed by atoms with van der Waals surface area (Å²) in [4.78, 5) is 18.0. The van der Waals surface area contributed by atoms with Crippen molar-refractivity contribution in [3.63, 3.8) is 0 Å². The van der Waals surface area contributed by atoms with E-state index in [1.807, 2.05) is 69.3 Å². The maximum atomic E-state index is 13.1. The molecule has 0 aromatic heterocycles. The number of carbonyl (C=O) groups is 1. The normalized spacial score (nSPS) is 15.9. The third kappa shape index (κ3) is 6.53. The van der Waals surface area contributed by atoms with E-state index in [2.05, 4.69) is 40.1 Å². The summed E-state index contributed by atoms with van der Waals surface area (Å²) in [6, 6.07) is 27.0.